The molecule has 0 saturated heterocycles. The lowest BCUT2D eigenvalue weighted by atomic mass is 10.3. The summed E-state index contributed by atoms with van der Waals surface area (Å²) in [5, 5.41) is 0.571. The van der Waals surface area contributed by atoms with Crippen molar-refractivity contribution in [3.63, 3.8) is 0 Å². The van der Waals surface area contributed by atoms with Crippen LogP contribution in [0.25, 0.3) is 0 Å². The third-order valence-corrected chi connectivity index (χ3v) is 2.13. The Morgan fingerprint density at radius 1 is 1.29 bits per heavy atom. The molecule has 0 bridgehead atoms. The van der Waals surface area contributed by atoms with Gasteiger partial charge in [-0.2, -0.15) is 0 Å². The monoisotopic (exact) mass is 214 g/mol. The van der Waals surface area contributed by atoms with E-state index in [4.69, 9.17) is 25.8 Å². The van der Waals surface area contributed by atoms with Gasteiger partial charge in [-0.25, -0.2) is 0 Å². The summed E-state index contributed by atoms with van der Waals surface area (Å²) < 4.78 is 16.2. The first-order chi connectivity index (χ1) is 6.52. The molecule has 1 heterocycles. The number of methoxy groups -OCH3 is 1. The average Bonchev–Trinajstić information content (AvgIpc) is 2.37. The van der Waals surface area contributed by atoms with Crippen LogP contribution in [0.5, 0.6) is 17.2 Å². The molecule has 1 aromatic carbocycles. The predicted octanol–water partition coefficient (Wildman–Crippen LogP) is 2.86. The summed E-state index contributed by atoms with van der Waals surface area (Å²) in [6.07, 6.45) is 0. The smallest absolute Gasteiger partial charge is 0.246 e. The van der Waals surface area contributed by atoms with Crippen LogP contribution < -0.4 is 14.2 Å². The van der Waals surface area contributed by atoms with Crippen LogP contribution in [0.3, 0.4) is 0 Å². The lowest BCUT2D eigenvalue weighted by Crippen LogP contribution is -2.29. The van der Waals surface area contributed by atoms with Gasteiger partial charge in [-0.1, -0.05) is 11.6 Å². The normalized spacial score (nSPS) is 16.9. The summed E-state index contributed by atoms with van der Waals surface area (Å²) in [6.45, 7) is 3.67. The molecule has 1 aromatic rings. The largest absolute Gasteiger partial charge is 0.493 e. The molecule has 76 valence electrons. The highest BCUT2D eigenvalue weighted by molar-refractivity contribution is 6.31. The Labute approximate surface area is 87.5 Å². The van der Waals surface area contributed by atoms with Gasteiger partial charge in [0, 0.05) is 31.0 Å². The third kappa shape index (κ3) is 1.48. The number of hydrogen-bond donors (Lipinski definition) is 0. The molecule has 3 nitrogen and oxygen atoms in total. The maximum Gasteiger partial charge on any atom is 0.246 e. The number of benzene rings is 1. The maximum absolute atomic E-state index is 5.88. The standard InChI is InChI=1S/C10H11ClO3/c1-10(2)13-8-5-6(11)4-7(12-3)9(8)14-10/h4-5H,1-3H3. The van der Waals surface area contributed by atoms with E-state index in [2.05, 4.69) is 0 Å². The lowest BCUT2D eigenvalue weighted by Gasteiger charge is -2.16. The van der Waals surface area contributed by atoms with Gasteiger partial charge in [0.15, 0.2) is 11.5 Å². The van der Waals surface area contributed by atoms with Crippen LogP contribution in [-0.2, 0) is 0 Å². The minimum absolute atomic E-state index is 0.571. The SMILES string of the molecule is COc1cc(Cl)cc2c1OC(C)(C)O2. The van der Waals surface area contributed by atoms with Crippen LogP contribution in [-0.4, -0.2) is 12.9 Å². The van der Waals surface area contributed by atoms with Crippen LogP contribution in [0, 0.1) is 0 Å². The van der Waals surface area contributed by atoms with Gasteiger partial charge < -0.3 is 14.2 Å². The summed E-state index contributed by atoms with van der Waals surface area (Å²) in [4.78, 5) is 0. The molecule has 0 aromatic heterocycles. The fraction of sp³-hybridized carbons (Fsp3) is 0.400. The van der Waals surface area contributed by atoms with Crippen molar-refractivity contribution in [3.8, 4) is 17.2 Å². The van der Waals surface area contributed by atoms with Crippen molar-refractivity contribution >= 4 is 11.6 Å². The maximum atomic E-state index is 5.88. The van der Waals surface area contributed by atoms with Crippen molar-refractivity contribution in [1.29, 1.82) is 0 Å². The van der Waals surface area contributed by atoms with Crippen molar-refractivity contribution in [2.45, 2.75) is 19.6 Å². The van der Waals surface area contributed by atoms with Gasteiger partial charge in [-0.05, 0) is 0 Å². The zero-order valence-corrected chi connectivity index (χ0v) is 9.01. The van der Waals surface area contributed by atoms with Gasteiger partial charge in [0.05, 0.1) is 7.11 Å². The van der Waals surface area contributed by atoms with Crippen LogP contribution in [0.2, 0.25) is 5.02 Å². The zero-order chi connectivity index (χ0) is 10.3. The molecule has 0 spiro atoms. The summed E-state index contributed by atoms with van der Waals surface area (Å²) in [7, 11) is 1.57. The minimum atomic E-state index is -0.652. The van der Waals surface area contributed by atoms with Crippen molar-refractivity contribution in [3.05, 3.63) is 17.2 Å². The second-order valence-electron chi connectivity index (χ2n) is 3.54. The van der Waals surface area contributed by atoms with Crippen molar-refractivity contribution in [1.82, 2.24) is 0 Å². The number of ether oxygens (including phenoxy) is 3. The van der Waals surface area contributed by atoms with Crippen LogP contribution in [0.15, 0.2) is 12.1 Å². The molecule has 2 rings (SSSR count). The Morgan fingerprint density at radius 3 is 2.64 bits per heavy atom. The quantitative estimate of drug-likeness (QED) is 0.720. The first-order valence-corrected chi connectivity index (χ1v) is 4.65. The fourth-order valence-electron chi connectivity index (χ4n) is 1.40. The Balaban J connectivity index is 2.50. The Hall–Kier alpha value is -1.09. The summed E-state index contributed by atoms with van der Waals surface area (Å²) in [5.74, 6) is 1.18. The number of fused-ring (bicyclic) bond motifs is 1. The minimum Gasteiger partial charge on any atom is -0.493 e. The van der Waals surface area contributed by atoms with Gasteiger partial charge in [-0.3, -0.25) is 0 Å². The molecule has 14 heavy (non-hydrogen) atoms. The molecular weight excluding hydrogens is 204 g/mol. The number of halogens is 1. The molecule has 0 radical (unpaired) electrons. The molecule has 1 aliphatic rings. The molecule has 0 aliphatic carbocycles. The third-order valence-electron chi connectivity index (χ3n) is 1.91. The fourth-order valence-corrected chi connectivity index (χ4v) is 1.60. The second-order valence-corrected chi connectivity index (χ2v) is 3.98. The Morgan fingerprint density at radius 2 is 2.00 bits per heavy atom. The van der Waals surface area contributed by atoms with Crippen molar-refractivity contribution < 1.29 is 14.2 Å². The van der Waals surface area contributed by atoms with Crippen LogP contribution >= 0.6 is 11.6 Å². The highest BCUT2D eigenvalue weighted by Crippen LogP contribution is 2.47. The highest BCUT2D eigenvalue weighted by atomic mass is 35.5. The Kier molecular flexibility index (Phi) is 2.00. The van der Waals surface area contributed by atoms with Gasteiger partial charge in [-0.15, -0.1) is 0 Å². The molecule has 0 amide bonds. The average molecular weight is 215 g/mol. The molecule has 0 unspecified atom stereocenters. The van der Waals surface area contributed by atoms with Gasteiger partial charge >= 0.3 is 0 Å². The topological polar surface area (TPSA) is 27.7 Å². The van der Waals surface area contributed by atoms with E-state index in [1.807, 2.05) is 13.8 Å². The molecule has 0 fully saturated rings. The van der Waals surface area contributed by atoms with E-state index in [9.17, 15) is 0 Å². The van der Waals surface area contributed by atoms with E-state index in [1.54, 1.807) is 19.2 Å². The zero-order valence-electron chi connectivity index (χ0n) is 8.26. The second kappa shape index (κ2) is 2.95. The molecule has 0 saturated carbocycles. The van der Waals surface area contributed by atoms with E-state index < -0.39 is 5.79 Å². The van der Waals surface area contributed by atoms with E-state index in [0.717, 1.165) is 0 Å². The van der Waals surface area contributed by atoms with E-state index in [-0.39, 0.29) is 0 Å². The van der Waals surface area contributed by atoms with E-state index in [0.29, 0.717) is 22.3 Å². The highest BCUT2D eigenvalue weighted by Gasteiger charge is 2.34. The predicted molar refractivity (Wildman–Crippen MR) is 53.3 cm³/mol. The molecule has 4 heteroatoms. The van der Waals surface area contributed by atoms with Crippen LogP contribution in [0.4, 0.5) is 0 Å². The molecule has 0 atom stereocenters. The van der Waals surface area contributed by atoms with E-state index in [1.165, 1.54) is 0 Å². The van der Waals surface area contributed by atoms with E-state index >= 15 is 0 Å². The first kappa shape index (κ1) is 9.46. The first-order valence-electron chi connectivity index (χ1n) is 4.27. The number of rotatable bonds is 1. The van der Waals surface area contributed by atoms with Gasteiger partial charge in [0.1, 0.15) is 0 Å². The number of hydrogen-bond acceptors (Lipinski definition) is 3. The summed E-state index contributed by atoms with van der Waals surface area (Å²) in [6, 6.07) is 3.42. The Bertz CT molecular complexity index is 374. The van der Waals surface area contributed by atoms with Gasteiger partial charge in [0.25, 0.3) is 0 Å². The summed E-state index contributed by atoms with van der Waals surface area (Å²) >= 11 is 5.88. The van der Waals surface area contributed by atoms with Gasteiger partial charge in [0.2, 0.25) is 11.5 Å². The molecule has 1 aliphatic heterocycles. The lowest BCUT2D eigenvalue weighted by molar-refractivity contribution is -0.0439. The molecule has 0 N–H and O–H groups in total. The van der Waals surface area contributed by atoms with Crippen molar-refractivity contribution in [2.75, 3.05) is 7.11 Å². The van der Waals surface area contributed by atoms with Crippen molar-refractivity contribution in [2.24, 2.45) is 0 Å². The summed E-state index contributed by atoms with van der Waals surface area (Å²) in [5.41, 5.74) is 0. The molecular formula is C10H11ClO3. The van der Waals surface area contributed by atoms with Crippen LogP contribution in [0.1, 0.15) is 13.8 Å².